The Kier molecular flexibility index (Phi) is 5.43. The molecule has 1 amide bonds. The molecule has 0 saturated heterocycles. The maximum absolute atomic E-state index is 12.2. The molecule has 4 nitrogen and oxygen atoms in total. The fraction of sp³-hybridized carbons (Fsp3) is 0.353. The van der Waals surface area contributed by atoms with Crippen LogP contribution in [-0.4, -0.2) is 15.9 Å². The Morgan fingerprint density at radius 3 is 2.67 bits per heavy atom. The molecule has 0 radical (unpaired) electrons. The van der Waals surface area contributed by atoms with Gasteiger partial charge in [-0.3, -0.25) is 14.8 Å². The van der Waals surface area contributed by atoms with E-state index in [2.05, 4.69) is 29.1 Å². The molecular weight excluding hydrogens is 262 g/mol. The summed E-state index contributed by atoms with van der Waals surface area (Å²) < 4.78 is 0. The van der Waals surface area contributed by atoms with Crippen LogP contribution in [0.15, 0.2) is 48.9 Å². The first-order valence-corrected chi connectivity index (χ1v) is 7.24. The Bertz CT molecular complexity index is 555. The smallest absolute Gasteiger partial charge is 0.226 e. The molecule has 1 atom stereocenters. The van der Waals surface area contributed by atoms with Crippen molar-refractivity contribution in [1.29, 1.82) is 0 Å². The molecule has 2 heterocycles. The Balaban J connectivity index is 2.03. The van der Waals surface area contributed by atoms with E-state index in [1.54, 1.807) is 12.4 Å². The number of nitrogens with one attached hydrogen (secondary N) is 1. The van der Waals surface area contributed by atoms with Crippen molar-refractivity contribution in [1.82, 2.24) is 15.3 Å². The molecule has 2 rings (SSSR count). The van der Waals surface area contributed by atoms with Crippen LogP contribution in [0.25, 0.3) is 0 Å². The number of nitrogens with zero attached hydrogens (tertiary/aromatic N) is 2. The van der Waals surface area contributed by atoms with Gasteiger partial charge in [-0.1, -0.05) is 26.0 Å². The van der Waals surface area contributed by atoms with Crippen LogP contribution in [0.2, 0.25) is 0 Å². The summed E-state index contributed by atoms with van der Waals surface area (Å²) in [4.78, 5) is 20.5. The zero-order valence-corrected chi connectivity index (χ0v) is 12.5. The topological polar surface area (TPSA) is 54.9 Å². The van der Waals surface area contributed by atoms with Crippen LogP contribution in [0.3, 0.4) is 0 Å². The molecule has 0 aliphatic carbocycles. The van der Waals surface area contributed by atoms with Crippen LogP contribution < -0.4 is 5.32 Å². The van der Waals surface area contributed by atoms with Gasteiger partial charge in [-0.05, 0) is 36.1 Å². The minimum Gasteiger partial charge on any atom is -0.349 e. The highest BCUT2D eigenvalue weighted by Gasteiger charge is 2.16. The zero-order chi connectivity index (χ0) is 15.1. The van der Waals surface area contributed by atoms with E-state index in [0.29, 0.717) is 12.3 Å². The van der Waals surface area contributed by atoms with Crippen molar-refractivity contribution in [2.75, 3.05) is 0 Å². The van der Waals surface area contributed by atoms with Crippen molar-refractivity contribution in [2.45, 2.75) is 32.7 Å². The van der Waals surface area contributed by atoms with E-state index in [9.17, 15) is 4.79 Å². The summed E-state index contributed by atoms with van der Waals surface area (Å²) in [6.07, 6.45) is 6.45. The molecule has 0 saturated carbocycles. The number of amides is 1. The van der Waals surface area contributed by atoms with Gasteiger partial charge >= 0.3 is 0 Å². The predicted molar refractivity (Wildman–Crippen MR) is 82.5 cm³/mol. The molecule has 110 valence electrons. The van der Waals surface area contributed by atoms with E-state index < -0.39 is 0 Å². The maximum atomic E-state index is 12.2. The molecule has 0 aliphatic rings. The van der Waals surface area contributed by atoms with Crippen LogP contribution in [0.4, 0.5) is 0 Å². The van der Waals surface area contributed by atoms with Gasteiger partial charge in [0.25, 0.3) is 0 Å². The zero-order valence-electron chi connectivity index (χ0n) is 12.5. The highest BCUT2D eigenvalue weighted by Crippen LogP contribution is 2.20. The lowest BCUT2D eigenvalue weighted by atomic mass is 9.98. The van der Waals surface area contributed by atoms with E-state index in [1.165, 1.54) is 0 Å². The van der Waals surface area contributed by atoms with E-state index in [1.807, 2.05) is 36.5 Å². The predicted octanol–water partition coefficient (Wildman–Crippen LogP) is 2.92. The molecular formula is C17H21N3O. The average Bonchev–Trinajstić information content (AvgIpc) is 2.48. The van der Waals surface area contributed by atoms with E-state index >= 15 is 0 Å². The minimum atomic E-state index is -0.0109. The Morgan fingerprint density at radius 1 is 1.19 bits per heavy atom. The number of pyridine rings is 2. The van der Waals surface area contributed by atoms with Crippen molar-refractivity contribution in [3.63, 3.8) is 0 Å². The molecule has 2 aromatic heterocycles. The standard InChI is InChI=1S/C17H21N3O/c1-13(2)10-16(14-6-5-8-18-12-14)20-17(21)11-15-7-3-4-9-19-15/h3-9,12-13,16H,10-11H2,1-2H3,(H,20,21)/t16-/m0/s1. The highest BCUT2D eigenvalue weighted by molar-refractivity contribution is 5.78. The quantitative estimate of drug-likeness (QED) is 0.887. The Morgan fingerprint density at radius 2 is 2.05 bits per heavy atom. The first kappa shape index (κ1) is 15.2. The molecule has 0 spiro atoms. The molecule has 0 aromatic carbocycles. The first-order valence-electron chi connectivity index (χ1n) is 7.24. The average molecular weight is 283 g/mol. The molecule has 0 unspecified atom stereocenters. The maximum Gasteiger partial charge on any atom is 0.226 e. The Hall–Kier alpha value is -2.23. The van der Waals surface area contributed by atoms with Crippen molar-refractivity contribution >= 4 is 5.91 Å². The lowest BCUT2D eigenvalue weighted by molar-refractivity contribution is -0.121. The van der Waals surface area contributed by atoms with Gasteiger partial charge in [0.05, 0.1) is 12.5 Å². The fourth-order valence-electron chi connectivity index (χ4n) is 2.24. The molecule has 21 heavy (non-hydrogen) atoms. The number of aromatic nitrogens is 2. The normalized spacial score (nSPS) is 12.1. The highest BCUT2D eigenvalue weighted by atomic mass is 16.1. The summed E-state index contributed by atoms with van der Waals surface area (Å²) in [5, 5.41) is 3.09. The van der Waals surface area contributed by atoms with Crippen LogP contribution in [0.1, 0.15) is 37.6 Å². The third-order valence-electron chi connectivity index (χ3n) is 3.20. The lowest BCUT2D eigenvalue weighted by Crippen LogP contribution is -2.31. The third-order valence-corrected chi connectivity index (χ3v) is 3.20. The third kappa shape index (κ3) is 4.99. The summed E-state index contributed by atoms with van der Waals surface area (Å²) in [6, 6.07) is 9.49. The lowest BCUT2D eigenvalue weighted by Gasteiger charge is -2.20. The number of hydrogen-bond acceptors (Lipinski definition) is 3. The second-order valence-electron chi connectivity index (χ2n) is 5.53. The van der Waals surface area contributed by atoms with Gasteiger partial charge < -0.3 is 5.32 Å². The summed E-state index contributed by atoms with van der Waals surface area (Å²) in [6.45, 7) is 4.29. The number of carbonyl (C=O) groups is 1. The van der Waals surface area contributed by atoms with Crippen LogP contribution in [0, 0.1) is 5.92 Å². The van der Waals surface area contributed by atoms with Gasteiger partial charge in [0.1, 0.15) is 0 Å². The van der Waals surface area contributed by atoms with Gasteiger partial charge in [0.2, 0.25) is 5.91 Å². The van der Waals surface area contributed by atoms with E-state index in [-0.39, 0.29) is 11.9 Å². The van der Waals surface area contributed by atoms with Gasteiger partial charge in [-0.25, -0.2) is 0 Å². The van der Waals surface area contributed by atoms with Crippen molar-refractivity contribution in [3.8, 4) is 0 Å². The molecule has 0 fully saturated rings. The fourth-order valence-corrected chi connectivity index (χ4v) is 2.24. The monoisotopic (exact) mass is 283 g/mol. The molecule has 4 heteroatoms. The number of carbonyl (C=O) groups excluding carboxylic acids is 1. The molecule has 2 aromatic rings. The molecule has 0 bridgehead atoms. The number of hydrogen-bond donors (Lipinski definition) is 1. The van der Waals surface area contributed by atoms with Gasteiger partial charge in [-0.2, -0.15) is 0 Å². The molecule has 1 N–H and O–H groups in total. The largest absolute Gasteiger partial charge is 0.349 e. The summed E-state index contributed by atoms with van der Waals surface area (Å²) in [5.41, 5.74) is 1.82. The first-order chi connectivity index (χ1) is 10.1. The van der Waals surface area contributed by atoms with Crippen LogP contribution in [-0.2, 0) is 11.2 Å². The SMILES string of the molecule is CC(C)C[C@H](NC(=O)Cc1ccccn1)c1cccnc1. The van der Waals surface area contributed by atoms with Crippen molar-refractivity contribution < 1.29 is 4.79 Å². The van der Waals surface area contributed by atoms with Gasteiger partial charge in [-0.15, -0.1) is 0 Å². The van der Waals surface area contributed by atoms with Gasteiger partial charge in [0, 0.05) is 24.3 Å². The summed E-state index contributed by atoms with van der Waals surface area (Å²) in [7, 11) is 0. The van der Waals surface area contributed by atoms with Crippen LogP contribution >= 0.6 is 0 Å². The van der Waals surface area contributed by atoms with E-state index in [4.69, 9.17) is 0 Å². The van der Waals surface area contributed by atoms with E-state index in [0.717, 1.165) is 17.7 Å². The second-order valence-corrected chi connectivity index (χ2v) is 5.53. The van der Waals surface area contributed by atoms with Crippen LogP contribution in [0.5, 0.6) is 0 Å². The summed E-state index contributed by atoms with van der Waals surface area (Å²) >= 11 is 0. The second kappa shape index (κ2) is 7.53. The Labute approximate surface area is 125 Å². The van der Waals surface area contributed by atoms with Gasteiger partial charge in [0.15, 0.2) is 0 Å². The number of rotatable bonds is 6. The van der Waals surface area contributed by atoms with Crippen molar-refractivity contribution in [3.05, 3.63) is 60.2 Å². The summed E-state index contributed by atoms with van der Waals surface area (Å²) in [5.74, 6) is 0.480. The minimum absolute atomic E-state index is 0.00471. The van der Waals surface area contributed by atoms with Crippen molar-refractivity contribution in [2.24, 2.45) is 5.92 Å². The molecule has 0 aliphatic heterocycles.